The van der Waals surface area contributed by atoms with Gasteiger partial charge in [-0.1, -0.05) is 26.0 Å². The van der Waals surface area contributed by atoms with Crippen molar-refractivity contribution in [3.63, 3.8) is 0 Å². The van der Waals surface area contributed by atoms with Crippen LogP contribution in [0, 0.1) is 10.8 Å². The first-order valence-corrected chi connectivity index (χ1v) is 11.3. The Kier molecular flexibility index (Phi) is 5.07. The zero-order valence-corrected chi connectivity index (χ0v) is 17.4. The summed E-state index contributed by atoms with van der Waals surface area (Å²) in [4.78, 5) is 2.36. The molecule has 0 atom stereocenters. The molecule has 2 aliphatic heterocycles. The smallest absolute Gasteiger partial charge is 0.270 e. The Morgan fingerprint density at radius 2 is 1.89 bits per heavy atom. The highest BCUT2D eigenvalue weighted by Crippen LogP contribution is 2.42. The van der Waals surface area contributed by atoms with Crippen LogP contribution >= 0.6 is 0 Å². The number of hydrogen-bond donors (Lipinski definition) is 0. The molecule has 0 aromatic carbocycles. The van der Waals surface area contributed by atoms with Crippen LogP contribution in [-0.2, 0) is 9.84 Å². The lowest BCUT2D eigenvalue weighted by molar-refractivity contribution is 0.0674. The van der Waals surface area contributed by atoms with Crippen molar-refractivity contribution in [1.82, 2.24) is 4.90 Å². The average molecular weight is 398 g/mol. The molecule has 0 amide bonds. The Balaban J connectivity index is 1.63. The van der Waals surface area contributed by atoms with Crippen LogP contribution in [0.2, 0.25) is 0 Å². The normalized spacial score (nSPS) is 24.9. The lowest BCUT2D eigenvalue weighted by Crippen LogP contribution is -2.50. The minimum atomic E-state index is -2.86. The van der Waals surface area contributed by atoms with Gasteiger partial charge >= 0.3 is 0 Å². The molecule has 0 saturated carbocycles. The van der Waals surface area contributed by atoms with Crippen molar-refractivity contribution in [3.05, 3.63) is 40.7 Å². The molecule has 2 heterocycles. The van der Waals surface area contributed by atoms with Gasteiger partial charge in [-0.3, -0.25) is 0 Å². The van der Waals surface area contributed by atoms with Gasteiger partial charge in [-0.2, -0.15) is 0 Å². The Bertz CT molecular complexity index is 841. The molecule has 0 radical (unpaired) electrons. The topological polar surface area (TPSA) is 37.4 Å². The van der Waals surface area contributed by atoms with Gasteiger partial charge in [0.25, 0.3) is 5.92 Å². The first-order chi connectivity index (χ1) is 12.3. The quantitative estimate of drug-likeness (QED) is 0.654. The van der Waals surface area contributed by atoms with Gasteiger partial charge < -0.3 is 4.90 Å². The predicted molar refractivity (Wildman–Crippen MR) is 105 cm³/mol. The average Bonchev–Trinajstić information content (AvgIpc) is 2.71. The molecule has 3 rings (SSSR count). The number of alkyl halides is 2. The summed E-state index contributed by atoms with van der Waals surface area (Å²) < 4.78 is 50.4. The second-order valence-electron chi connectivity index (χ2n) is 9.49. The summed E-state index contributed by atoms with van der Waals surface area (Å²) in [5.74, 6) is -2.21. The van der Waals surface area contributed by atoms with Gasteiger partial charge in [-0.25, -0.2) is 17.2 Å². The van der Waals surface area contributed by atoms with Crippen molar-refractivity contribution < 1.29 is 17.2 Å². The molecule has 0 bridgehead atoms. The van der Waals surface area contributed by atoms with Gasteiger partial charge in [0.05, 0.1) is 11.5 Å². The van der Waals surface area contributed by atoms with E-state index in [2.05, 4.69) is 24.5 Å². The van der Waals surface area contributed by atoms with Crippen LogP contribution < -0.4 is 0 Å². The van der Waals surface area contributed by atoms with Crippen LogP contribution in [0.1, 0.15) is 40.5 Å². The van der Waals surface area contributed by atoms with Crippen LogP contribution in [0.15, 0.2) is 40.7 Å². The summed E-state index contributed by atoms with van der Waals surface area (Å²) >= 11 is 0. The van der Waals surface area contributed by atoms with Gasteiger partial charge in [0, 0.05) is 31.0 Å². The highest BCUT2D eigenvalue weighted by atomic mass is 32.2. The fourth-order valence-electron chi connectivity index (χ4n) is 4.64. The zero-order valence-electron chi connectivity index (χ0n) is 16.6. The third-order valence-corrected chi connectivity index (χ3v) is 7.70. The molecule has 150 valence electrons. The van der Waals surface area contributed by atoms with E-state index in [1.165, 1.54) is 12.2 Å². The van der Waals surface area contributed by atoms with Gasteiger partial charge in [0.2, 0.25) is 0 Å². The predicted octanol–water partition coefficient (Wildman–Crippen LogP) is 4.15. The van der Waals surface area contributed by atoms with E-state index in [-0.39, 0.29) is 16.4 Å². The molecule has 2 fully saturated rings. The molecule has 0 N–H and O–H groups in total. The van der Waals surface area contributed by atoms with Gasteiger partial charge in [-0.05, 0) is 48.9 Å². The number of sulfone groups is 1. The fourth-order valence-corrected chi connectivity index (χ4v) is 6.90. The van der Waals surface area contributed by atoms with Crippen molar-refractivity contribution >= 4 is 9.84 Å². The molecule has 1 aliphatic carbocycles. The second-order valence-corrected chi connectivity index (χ2v) is 11.6. The van der Waals surface area contributed by atoms with Crippen LogP contribution in [0.25, 0.3) is 0 Å². The largest absolute Gasteiger partial charge is 0.302 e. The van der Waals surface area contributed by atoms with E-state index in [0.29, 0.717) is 17.1 Å². The molecule has 3 aliphatic rings. The molecule has 0 unspecified atom stereocenters. The maximum Gasteiger partial charge on any atom is 0.270 e. The van der Waals surface area contributed by atoms with E-state index < -0.39 is 15.8 Å². The van der Waals surface area contributed by atoms with E-state index in [1.54, 1.807) is 13.0 Å². The third kappa shape index (κ3) is 4.98. The summed E-state index contributed by atoms with van der Waals surface area (Å²) in [5.41, 5.74) is 4.81. The highest BCUT2D eigenvalue weighted by molar-refractivity contribution is 7.92. The summed E-state index contributed by atoms with van der Waals surface area (Å²) in [7, 11) is -2.81. The molecule has 2 saturated heterocycles. The van der Waals surface area contributed by atoms with Crippen LogP contribution in [0.4, 0.5) is 8.78 Å². The number of allylic oxidation sites excluding steroid dienone is 5. The summed E-state index contributed by atoms with van der Waals surface area (Å²) in [6, 6.07) is 0. The summed E-state index contributed by atoms with van der Waals surface area (Å²) in [6.07, 6.45) is 6.43. The maximum atomic E-state index is 13.6. The van der Waals surface area contributed by atoms with Gasteiger partial charge in [-0.15, -0.1) is 5.73 Å². The Labute approximate surface area is 161 Å². The highest BCUT2D eigenvalue weighted by Gasteiger charge is 2.52. The molecule has 1 spiro atoms. The lowest BCUT2D eigenvalue weighted by atomic mass is 9.84. The van der Waals surface area contributed by atoms with E-state index in [0.717, 1.165) is 45.0 Å². The Morgan fingerprint density at radius 1 is 1.22 bits per heavy atom. The summed E-state index contributed by atoms with van der Waals surface area (Å²) in [5, 5.41) is 0. The van der Waals surface area contributed by atoms with Gasteiger partial charge in [0.15, 0.2) is 9.84 Å². The van der Waals surface area contributed by atoms with Crippen molar-refractivity contribution in [2.24, 2.45) is 10.8 Å². The molecule has 0 aromatic heterocycles. The van der Waals surface area contributed by atoms with Crippen molar-refractivity contribution in [2.75, 3.05) is 31.1 Å². The fraction of sp³-hybridized carbons (Fsp3) is 0.667. The number of likely N-dealkylation sites (tertiary alicyclic amines) is 1. The lowest BCUT2D eigenvalue weighted by Gasteiger charge is -2.38. The third-order valence-electron chi connectivity index (χ3n) is 5.59. The molecular weight excluding hydrogens is 368 g/mol. The first kappa shape index (κ1) is 20.5. The molecule has 3 nitrogen and oxygen atoms in total. The van der Waals surface area contributed by atoms with E-state index in [4.69, 9.17) is 0 Å². The number of halogens is 2. The molecular formula is C21H29F2NO2S. The molecule has 27 heavy (non-hydrogen) atoms. The second kappa shape index (κ2) is 6.68. The monoisotopic (exact) mass is 397 g/mol. The number of nitrogens with zero attached hydrogens (tertiary/aromatic N) is 1. The van der Waals surface area contributed by atoms with Crippen LogP contribution in [-0.4, -0.2) is 50.4 Å². The van der Waals surface area contributed by atoms with E-state index >= 15 is 0 Å². The number of rotatable bonds is 5. The Hall–Kier alpha value is -1.23. The van der Waals surface area contributed by atoms with Crippen molar-refractivity contribution in [3.8, 4) is 0 Å². The standard InChI is InChI=1S/C21H29F2NO2S/c1-16-9-17(5-6-18(10-16)20(4,22)23)11-19(2,3)12-24-8-7-21(13-24)14-27(25,26)15-21/h5-6,10H,7-8,11-15H2,1-4H3. The first-order valence-electron chi connectivity index (χ1n) is 9.45. The Morgan fingerprint density at radius 3 is 2.48 bits per heavy atom. The van der Waals surface area contributed by atoms with Gasteiger partial charge in [0.1, 0.15) is 0 Å². The van der Waals surface area contributed by atoms with Crippen molar-refractivity contribution in [1.29, 1.82) is 0 Å². The number of hydrogen-bond acceptors (Lipinski definition) is 3. The molecule has 6 heteroatoms. The zero-order chi connectivity index (χ0) is 20.1. The minimum absolute atomic E-state index is 0.00739. The maximum absolute atomic E-state index is 13.6. The SMILES string of the molecule is CC1=C=C(CC(C)(C)CN2CCC3(C2)CS(=O)(=O)C3)C=CC(C(C)(F)F)=C1. The van der Waals surface area contributed by atoms with Crippen LogP contribution in [0.3, 0.4) is 0 Å². The van der Waals surface area contributed by atoms with E-state index in [1.807, 2.05) is 0 Å². The van der Waals surface area contributed by atoms with E-state index in [9.17, 15) is 17.2 Å². The molecule has 0 aromatic rings. The van der Waals surface area contributed by atoms with Crippen LogP contribution in [0.5, 0.6) is 0 Å². The summed E-state index contributed by atoms with van der Waals surface area (Å²) in [6.45, 7) is 9.67. The van der Waals surface area contributed by atoms with Crippen molar-refractivity contribution in [2.45, 2.75) is 46.5 Å². The minimum Gasteiger partial charge on any atom is -0.302 e.